The van der Waals surface area contributed by atoms with Crippen LogP contribution in [0.5, 0.6) is 17.2 Å². The summed E-state index contributed by atoms with van der Waals surface area (Å²) in [4.78, 5) is 13.0. The summed E-state index contributed by atoms with van der Waals surface area (Å²) in [6, 6.07) is 21.5. The van der Waals surface area contributed by atoms with Gasteiger partial charge in [0.05, 0.1) is 40.5 Å². The van der Waals surface area contributed by atoms with Gasteiger partial charge < -0.3 is 14.2 Å². The van der Waals surface area contributed by atoms with E-state index in [0.717, 1.165) is 15.4 Å². The molecule has 13 heteroatoms. The molecule has 0 spiro atoms. The molecule has 0 bridgehead atoms. The van der Waals surface area contributed by atoms with E-state index < -0.39 is 22.5 Å². The molecule has 9 nitrogen and oxygen atoms in total. The van der Waals surface area contributed by atoms with Crippen LogP contribution in [0.2, 0.25) is 10.0 Å². The van der Waals surface area contributed by atoms with Gasteiger partial charge in [0.1, 0.15) is 18.9 Å². The van der Waals surface area contributed by atoms with Gasteiger partial charge in [-0.3, -0.25) is 9.10 Å². The van der Waals surface area contributed by atoms with Gasteiger partial charge >= 0.3 is 0 Å². The van der Waals surface area contributed by atoms with Gasteiger partial charge in [0.15, 0.2) is 11.5 Å². The van der Waals surface area contributed by atoms with Crippen LogP contribution in [0.3, 0.4) is 0 Å². The number of amides is 1. The van der Waals surface area contributed by atoms with Crippen LogP contribution in [-0.4, -0.2) is 41.3 Å². The number of aryl methyl sites for hydroxylation is 1. The zero-order chi connectivity index (χ0) is 31.9. The lowest BCUT2D eigenvalue weighted by Gasteiger charge is -2.24. The molecule has 4 aromatic carbocycles. The number of carbonyl (C=O) groups is 1. The first-order valence-corrected chi connectivity index (χ1v) is 16.0. The summed E-state index contributed by atoms with van der Waals surface area (Å²) < 4.78 is 45.5. The van der Waals surface area contributed by atoms with Crippen molar-refractivity contribution in [2.45, 2.75) is 18.4 Å². The molecule has 0 radical (unpaired) electrons. The molecular formula is C31H28BrCl2N3O6S. The van der Waals surface area contributed by atoms with Gasteiger partial charge in [-0.2, -0.15) is 5.10 Å². The number of hydrazone groups is 1. The normalized spacial score (nSPS) is 11.3. The zero-order valence-corrected chi connectivity index (χ0v) is 27.8. The first-order valence-electron chi connectivity index (χ1n) is 13.0. The minimum absolute atomic E-state index is 0.0140. The third-order valence-corrected chi connectivity index (χ3v) is 9.35. The molecule has 0 fully saturated rings. The average molecular weight is 721 g/mol. The van der Waals surface area contributed by atoms with Crippen molar-refractivity contribution in [3.8, 4) is 17.2 Å². The molecule has 4 aromatic rings. The Morgan fingerprint density at radius 3 is 2.32 bits per heavy atom. The molecule has 0 saturated heterocycles. The van der Waals surface area contributed by atoms with E-state index in [1.165, 1.54) is 50.8 Å². The third kappa shape index (κ3) is 8.03. The number of halogens is 3. The van der Waals surface area contributed by atoms with Crippen LogP contribution < -0.4 is 23.9 Å². The van der Waals surface area contributed by atoms with Crippen molar-refractivity contribution in [3.63, 3.8) is 0 Å². The molecule has 1 N–H and O–H groups in total. The van der Waals surface area contributed by atoms with Gasteiger partial charge in [-0.15, -0.1) is 0 Å². The second kappa shape index (κ2) is 14.8. The van der Waals surface area contributed by atoms with Gasteiger partial charge in [0.2, 0.25) is 0 Å². The summed E-state index contributed by atoms with van der Waals surface area (Å²) in [6.07, 6.45) is 1.39. The highest BCUT2D eigenvalue weighted by molar-refractivity contribution is 9.10. The van der Waals surface area contributed by atoms with E-state index in [-0.39, 0.29) is 22.2 Å². The third-order valence-electron chi connectivity index (χ3n) is 6.30. The Balaban J connectivity index is 1.52. The van der Waals surface area contributed by atoms with Crippen LogP contribution in [0.25, 0.3) is 0 Å². The molecule has 0 aliphatic carbocycles. The second-order valence-electron chi connectivity index (χ2n) is 9.35. The lowest BCUT2D eigenvalue weighted by Crippen LogP contribution is -2.39. The molecule has 230 valence electrons. The Morgan fingerprint density at radius 2 is 1.66 bits per heavy atom. The average Bonchev–Trinajstić information content (AvgIpc) is 3.00. The van der Waals surface area contributed by atoms with Crippen LogP contribution in [0.1, 0.15) is 16.7 Å². The number of sulfonamides is 1. The van der Waals surface area contributed by atoms with Gasteiger partial charge in [0.25, 0.3) is 15.9 Å². The zero-order valence-electron chi connectivity index (χ0n) is 23.9. The number of methoxy groups -OCH3 is 2. The molecule has 1 amide bonds. The second-order valence-corrected chi connectivity index (χ2v) is 12.9. The molecule has 0 atom stereocenters. The van der Waals surface area contributed by atoms with E-state index in [2.05, 4.69) is 26.5 Å². The number of nitrogens with zero attached hydrogens (tertiary/aromatic N) is 2. The van der Waals surface area contributed by atoms with Gasteiger partial charge in [-0.25, -0.2) is 13.8 Å². The molecule has 0 saturated carbocycles. The molecule has 0 heterocycles. The van der Waals surface area contributed by atoms with Crippen molar-refractivity contribution in [1.82, 2.24) is 5.43 Å². The quantitative estimate of drug-likeness (QED) is 0.125. The molecule has 44 heavy (non-hydrogen) atoms. The number of carbonyl (C=O) groups excluding carboxylic acids is 1. The monoisotopic (exact) mass is 719 g/mol. The number of hydrogen-bond donors (Lipinski definition) is 1. The molecule has 0 aliphatic heterocycles. The fourth-order valence-electron chi connectivity index (χ4n) is 4.03. The Morgan fingerprint density at radius 1 is 0.955 bits per heavy atom. The summed E-state index contributed by atoms with van der Waals surface area (Å²) in [6.45, 7) is 1.50. The standard InChI is InChI=1S/C31H28BrCl2N3O6S/c1-20-8-11-24(12-9-20)44(39,40)37(23-10-13-28(41-2)27(34)16-23)18-30(38)36-35-17-21-14-25(32)31(29(15-21)42-3)43-19-22-6-4-5-7-26(22)33/h4-17H,18-19H2,1-3H3,(H,36,38)/b35-17-. The van der Waals surface area contributed by atoms with Crippen LogP contribution in [-0.2, 0) is 21.4 Å². The number of nitrogens with one attached hydrogen (secondary N) is 1. The minimum atomic E-state index is -4.15. The number of rotatable bonds is 12. The van der Waals surface area contributed by atoms with E-state index in [1.54, 1.807) is 30.3 Å². The van der Waals surface area contributed by atoms with Gasteiger partial charge in [-0.05, 0) is 76.9 Å². The van der Waals surface area contributed by atoms with Crippen LogP contribution in [0, 0.1) is 6.92 Å². The lowest BCUT2D eigenvalue weighted by molar-refractivity contribution is -0.119. The van der Waals surface area contributed by atoms with E-state index in [1.807, 2.05) is 25.1 Å². The minimum Gasteiger partial charge on any atom is -0.495 e. The largest absolute Gasteiger partial charge is 0.495 e. The number of benzene rings is 4. The summed E-state index contributed by atoms with van der Waals surface area (Å²) in [7, 11) is -1.20. The lowest BCUT2D eigenvalue weighted by atomic mass is 10.2. The predicted octanol–water partition coefficient (Wildman–Crippen LogP) is 7.01. The molecule has 4 rings (SSSR count). The Hall–Kier alpha value is -3.77. The first kappa shape index (κ1) is 33.1. The van der Waals surface area contributed by atoms with E-state index >= 15 is 0 Å². The Kier molecular flexibility index (Phi) is 11.1. The molecular weight excluding hydrogens is 693 g/mol. The number of hydrogen-bond acceptors (Lipinski definition) is 7. The maximum Gasteiger partial charge on any atom is 0.264 e. The molecule has 0 aliphatic rings. The van der Waals surface area contributed by atoms with Crippen LogP contribution in [0.15, 0.2) is 93.3 Å². The number of anilines is 1. The fourth-order valence-corrected chi connectivity index (χ4v) is 6.46. The summed E-state index contributed by atoms with van der Waals surface area (Å²) in [5.74, 6) is 0.559. The van der Waals surface area contributed by atoms with Crippen molar-refractivity contribution < 1.29 is 27.4 Å². The van der Waals surface area contributed by atoms with E-state index in [4.69, 9.17) is 37.4 Å². The Bertz CT molecular complexity index is 1790. The van der Waals surface area contributed by atoms with Gasteiger partial charge in [-0.1, -0.05) is 59.1 Å². The first-order chi connectivity index (χ1) is 21.0. The highest BCUT2D eigenvalue weighted by atomic mass is 79.9. The number of ether oxygens (including phenoxy) is 3. The SMILES string of the molecule is COc1ccc(N(CC(=O)N/N=C\c2cc(Br)c(OCc3ccccc3Cl)c(OC)c2)S(=O)(=O)c2ccc(C)cc2)cc1Cl. The highest BCUT2D eigenvalue weighted by Crippen LogP contribution is 2.37. The molecule has 0 aromatic heterocycles. The topological polar surface area (TPSA) is 107 Å². The van der Waals surface area contributed by atoms with Crippen molar-refractivity contribution in [3.05, 3.63) is 110 Å². The fraction of sp³-hybridized carbons (Fsp3) is 0.161. The maximum absolute atomic E-state index is 13.6. The summed E-state index contributed by atoms with van der Waals surface area (Å²) >= 11 is 16.0. The van der Waals surface area contributed by atoms with E-state index in [9.17, 15) is 13.2 Å². The van der Waals surface area contributed by atoms with Crippen molar-refractivity contribution >= 4 is 67.0 Å². The summed E-state index contributed by atoms with van der Waals surface area (Å²) in [5, 5.41) is 4.80. The summed E-state index contributed by atoms with van der Waals surface area (Å²) in [5.41, 5.74) is 4.84. The predicted molar refractivity (Wildman–Crippen MR) is 176 cm³/mol. The maximum atomic E-state index is 13.6. The molecule has 0 unspecified atom stereocenters. The van der Waals surface area contributed by atoms with Crippen molar-refractivity contribution in [2.75, 3.05) is 25.1 Å². The van der Waals surface area contributed by atoms with E-state index in [0.29, 0.717) is 32.3 Å². The highest BCUT2D eigenvalue weighted by Gasteiger charge is 2.28. The Labute approximate surface area is 274 Å². The van der Waals surface area contributed by atoms with Gasteiger partial charge in [0, 0.05) is 10.6 Å². The van der Waals surface area contributed by atoms with Crippen molar-refractivity contribution in [2.24, 2.45) is 5.10 Å². The smallest absolute Gasteiger partial charge is 0.264 e. The van der Waals surface area contributed by atoms with Crippen LogP contribution >= 0.6 is 39.1 Å². The van der Waals surface area contributed by atoms with Crippen molar-refractivity contribution in [1.29, 1.82) is 0 Å². The van der Waals surface area contributed by atoms with Crippen LogP contribution in [0.4, 0.5) is 5.69 Å².